The number of piperidine rings is 1. The molecule has 2 heterocycles. The molecule has 0 bridgehead atoms. The van der Waals surface area contributed by atoms with Crippen molar-refractivity contribution in [3.63, 3.8) is 0 Å². The monoisotopic (exact) mass is 471 g/mol. The van der Waals surface area contributed by atoms with E-state index in [0.717, 1.165) is 25.2 Å². The molecule has 2 aromatic rings. The summed E-state index contributed by atoms with van der Waals surface area (Å²) in [5.74, 6) is -0.286. The summed E-state index contributed by atoms with van der Waals surface area (Å²) in [4.78, 5) is 15.4. The number of nitrogens with zero attached hydrogens (tertiary/aromatic N) is 2. The van der Waals surface area contributed by atoms with Crippen molar-refractivity contribution in [1.29, 1.82) is 0 Å². The van der Waals surface area contributed by atoms with E-state index >= 15 is 0 Å². The van der Waals surface area contributed by atoms with Crippen LogP contribution in [0.2, 0.25) is 0 Å². The van der Waals surface area contributed by atoms with Crippen molar-refractivity contribution >= 4 is 15.9 Å². The van der Waals surface area contributed by atoms with E-state index in [1.807, 2.05) is 12.1 Å². The highest BCUT2D eigenvalue weighted by atomic mass is 32.2. The number of sulfonamides is 1. The second-order valence-corrected chi connectivity index (χ2v) is 10.7. The van der Waals surface area contributed by atoms with Gasteiger partial charge in [-0.1, -0.05) is 36.8 Å². The zero-order valence-corrected chi connectivity index (χ0v) is 20.1. The van der Waals surface area contributed by atoms with Gasteiger partial charge in [0, 0.05) is 31.7 Å². The van der Waals surface area contributed by atoms with Crippen molar-refractivity contribution < 1.29 is 17.9 Å². The molecule has 0 aliphatic carbocycles. The lowest BCUT2D eigenvalue weighted by atomic mass is 10.1. The van der Waals surface area contributed by atoms with E-state index < -0.39 is 10.0 Å². The molecule has 0 radical (unpaired) electrons. The Bertz CT molecular complexity index is 1060. The van der Waals surface area contributed by atoms with Crippen molar-refractivity contribution in [3.05, 3.63) is 64.7 Å². The van der Waals surface area contributed by atoms with E-state index in [1.165, 1.54) is 35.2 Å². The lowest BCUT2D eigenvalue weighted by Gasteiger charge is -2.26. The molecule has 33 heavy (non-hydrogen) atoms. The fourth-order valence-corrected chi connectivity index (χ4v) is 6.03. The number of benzene rings is 2. The van der Waals surface area contributed by atoms with Gasteiger partial charge in [0.1, 0.15) is 0 Å². The molecule has 0 saturated carbocycles. The van der Waals surface area contributed by atoms with Crippen LogP contribution in [0, 0.1) is 6.92 Å². The molecule has 2 aliphatic rings. The van der Waals surface area contributed by atoms with Crippen molar-refractivity contribution in [2.24, 2.45) is 0 Å². The Morgan fingerprint density at radius 2 is 1.61 bits per heavy atom. The number of carbonyl (C=O) groups is 1. The van der Waals surface area contributed by atoms with E-state index in [1.54, 1.807) is 19.1 Å². The molecule has 0 spiro atoms. The highest BCUT2D eigenvalue weighted by Crippen LogP contribution is 2.22. The maximum Gasteiger partial charge on any atom is 0.251 e. The normalized spacial score (nSPS) is 18.2. The highest BCUT2D eigenvalue weighted by molar-refractivity contribution is 7.89. The molecule has 1 N–H and O–H groups in total. The molecule has 2 aromatic carbocycles. The Hall–Kier alpha value is -2.26. The van der Waals surface area contributed by atoms with Gasteiger partial charge in [-0.15, -0.1) is 0 Å². The Morgan fingerprint density at radius 1 is 0.939 bits per heavy atom. The first-order valence-electron chi connectivity index (χ1n) is 11.7. The van der Waals surface area contributed by atoms with Crippen LogP contribution in [0.4, 0.5) is 0 Å². The topological polar surface area (TPSA) is 79.0 Å². The Kier molecular flexibility index (Phi) is 7.80. The number of carbonyl (C=O) groups excluding carboxylic acids is 1. The summed E-state index contributed by atoms with van der Waals surface area (Å²) < 4.78 is 32.8. The van der Waals surface area contributed by atoms with E-state index in [2.05, 4.69) is 22.3 Å². The van der Waals surface area contributed by atoms with Crippen LogP contribution in [0.1, 0.15) is 46.3 Å². The fourth-order valence-electron chi connectivity index (χ4n) is 4.37. The first-order chi connectivity index (χ1) is 15.9. The maximum atomic E-state index is 13.1. The van der Waals surface area contributed by atoms with Crippen molar-refractivity contribution in [2.45, 2.75) is 44.2 Å². The number of amides is 1. The quantitative estimate of drug-likeness (QED) is 0.672. The van der Waals surface area contributed by atoms with Crippen LogP contribution >= 0.6 is 0 Å². The number of hydrogen-bond acceptors (Lipinski definition) is 5. The van der Waals surface area contributed by atoms with Crippen molar-refractivity contribution in [3.8, 4) is 0 Å². The molecule has 2 aliphatic heterocycles. The number of aryl methyl sites for hydroxylation is 1. The van der Waals surface area contributed by atoms with Gasteiger partial charge in [0.15, 0.2) is 0 Å². The van der Waals surface area contributed by atoms with Crippen LogP contribution in [0.15, 0.2) is 47.4 Å². The molecule has 0 aromatic heterocycles. The first kappa shape index (κ1) is 23.9. The van der Waals surface area contributed by atoms with Gasteiger partial charge in [0.05, 0.1) is 18.1 Å². The summed E-state index contributed by atoms with van der Waals surface area (Å²) in [5, 5.41) is 2.92. The number of likely N-dealkylation sites (tertiary alicyclic amines) is 1. The van der Waals surface area contributed by atoms with E-state index in [-0.39, 0.29) is 10.8 Å². The number of nitrogens with one attached hydrogen (secondary N) is 1. The van der Waals surface area contributed by atoms with Crippen molar-refractivity contribution in [2.75, 3.05) is 39.4 Å². The summed E-state index contributed by atoms with van der Waals surface area (Å²) in [6, 6.07) is 13.2. The van der Waals surface area contributed by atoms with Gasteiger partial charge in [-0.25, -0.2) is 8.42 Å². The minimum absolute atomic E-state index is 0.180. The molecule has 7 nitrogen and oxygen atoms in total. The fraction of sp³-hybridized carbons (Fsp3) is 0.480. The van der Waals surface area contributed by atoms with Gasteiger partial charge in [0.2, 0.25) is 10.0 Å². The Morgan fingerprint density at radius 3 is 2.30 bits per heavy atom. The molecule has 178 valence electrons. The molecule has 4 rings (SSSR count). The smallest absolute Gasteiger partial charge is 0.251 e. The van der Waals surface area contributed by atoms with Gasteiger partial charge in [-0.3, -0.25) is 9.69 Å². The van der Waals surface area contributed by atoms with Crippen LogP contribution in [0.3, 0.4) is 0 Å². The largest absolute Gasteiger partial charge is 0.379 e. The number of morpholine rings is 1. The minimum Gasteiger partial charge on any atom is -0.379 e. The molecular weight excluding hydrogens is 438 g/mol. The predicted molar refractivity (Wildman–Crippen MR) is 127 cm³/mol. The molecule has 1 amide bonds. The van der Waals surface area contributed by atoms with Gasteiger partial charge in [-0.05, 0) is 61.7 Å². The molecular formula is C25H33N3O4S. The first-order valence-corrected chi connectivity index (χ1v) is 13.1. The van der Waals surface area contributed by atoms with E-state index in [9.17, 15) is 13.2 Å². The zero-order chi connectivity index (χ0) is 23.3. The minimum atomic E-state index is -3.66. The SMILES string of the molecule is Cc1ccc(C(=O)NCc2ccc(CN3CCCCC3)cc2)cc1S(=O)(=O)N1CCOCC1. The third-order valence-corrected chi connectivity index (χ3v) is 8.41. The standard InChI is InChI=1S/C25H33N3O4S/c1-20-5-10-23(17-24(20)33(30,31)28-13-15-32-16-14-28)25(29)26-18-21-6-8-22(9-7-21)19-27-11-3-2-4-12-27/h5-10,17H,2-4,11-16,18-19H2,1H3,(H,26,29). The number of ether oxygens (including phenoxy) is 1. The van der Waals surface area contributed by atoms with E-state index in [0.29, 0.717) is 44.0 Å². The van der Waals surface area contributed by atoms with Crippen LogP contribution in [-0.2, 0) is 27.8 Å². The number of rotatable bonds is 7. The summed E-state index contributed by atoms with van der Waals surface area (Å²) in [7, 11) is -3.66. The zero-order valence-electron chi connectivity index (χ0n) is 19.3. The van der Waals surface area contributed by atoms with Gasteiger partial charge in [-0.2, -0.15) is 4.31 Å². The third kappa shape index (κ3) is 6.00. The highest BCUT2D eigenvalue weighted by Gasteiger charge is 2.28. The summed E-state index contributed by atoms with van der Waals surface area (Å²) >= 11 is 0. The van der Waals surface area contributed by atoms with Crippen LogP contribution in [0.25, 0.3) is 0 Å². The van der Waals surface area contributed by atoms with Gasteiger partial charge < -0.3 is 10.1 Å². The average Bonchev–Trinajstić information content (AvgIpc) is 2.85. The summed E-state index contributed by atoms with van der Waals surface area (Å²) in [6.07, 6.45) is 3.88. The predicted octanol–water partition coefficient (Wildman–Crippen LogP) is 2.93. The summed E-state index contributed by atoms with van der Waals surface area (Å²) in [6.45, 7) is 6.86. The molecule has 0 atom stereocenters. The van der Waals surface area contributed by atoms with Crippen LogP contribution < -0.4 is 5.32 Å². The maximum absolute atomic E-state index is 13.1. The van der Waals surface area contributed by atoms with Crippen molar-refractivity contribution in [1.82, 2.24) is 14.5 Å². The van der Waals surface area contributed by atoms with Gasteiger partial charge >= 0.3 is 0 Å². The summed E-state index contributed by atoms with van der Waals surface area (Å²) in [5.41, 5.74) is 3.26. The molecule has 8 heteroatoms. The van der Waals surface area contributed by atoms with Gasteiger partial charge in [0.25, 0.3) is 5.91 Å². The van der Waals surface area contributed by atoms with Crippen LogP contribution in [-0.4, -0.2) is 62.9 Å². The Labute approximate surface area is 196 Å². The average molecular weight is 472 g/mol. The van der Waals surface area contributed by atoms with Crippen LogP contribution in [0.5, 0.6) is 0 Å². The lowest BCUT2D eigenvalue weighted by molar-refractivity contribution is 0.0730. The Balaban J connectivity index is 1.38. The third-order valence-electron chi connectivity index (χ3n) is 6.37. The number of hydrogen-bond donors (Lipinski definition) is 1. The van der Waals surface area contributed by atoms with E-state index in [4.69, 9.17) is 4.74 Å². The molecule has 2 saturated heterocycles. The second-order valence-electron chi connectivity index (χ2n) is 8.83. The second kappa shape index (κ2) is 10.8. The molecule has 0 unspecified atom stereocenters. The lowest BCUT2D eigenvalue weighted by Crippen LogP contribution is -2.41. The molecule has 2 fully saturated rings.